The van der Waals surface area contributed by atoms with Gasteiger partial charge in [0.15, 0.2) is 17.3 Å². The molecule has 3 N–H and O–H groups in total. The Labute approximate surface area is 184 Å². The summed E-state index contributed by atoms with van der Waals surface area (Å²) < 4.78 is 5.11. The van der Waals surface area contributed by atoms with Gasteiger partial charge < -0.3 is 20.5 Å². The van der Waals surface area contributed by atoms with Gasteiger partial charge in [0, 0.05) is 11.1 Å². The van der Waals surface area contributed by atoms with Crippen molar-refractivity contribution in [2.24, 2.45) is 0 Å². The number of phenolic OH excluding ortho intramolecular Hbond substituents is 1. The van der Waals surface area contributed by atoms with Gasteiger partial charge in [-0.3, -0.25) is 4.79 Å². The first-order valence-corrected chi connectivity index (χ1v) is 9.91. The second kappa shape index (κ2) is 8.53. The van der Waals surface area contributed by atoms with E-state index in [9.17, 15) is 14.7 Å². The molecule has 156 valence electrons. The van der Waals surface area contributed by atoms with Crippen LogP contribution in [0.2, 0.25) is 5.02 Å². The summed E-state index contributed by atoms with van der Waals surface area (Å²) in [6.45, 7) is 0. The Hall–Kier alpha value is -3.77. The van der Waals surface area contributed by atoms with E-state index in [0.29, 0.717) is 28.0 Å². The van der Waals surface area contributed by atoms with Crippen molar-refractivity contribution in [2.45, 2.75) is 6.04 Å². The monoisotopic (exact) mass is 434 g/mol. The van der Waals surface area contributed by atoms with Crippen LogP contribution < -0.4 is 15.4 Å². The molecular weight excluding hydrogens is 416 g/mol. The third-order valence-corrected chi connectivity index (χ3v) is 5.45. The van der Waals surface area contributed by atoms with Gasteiger partial charge in [-0.25, -0.2) is 4.79 Å². The van der Waals surface area contributed by atoms with Crippen LogP contribution in [0.25, 0.3) is 5.70 Å². The highest BCUT2D eigenvalue weighted by atomic mass is 35.5. The molecule has 1 aliphatic heterocycles. The highest BCUT2D eigenvalue weighted by Gasteiger charge is 2.35. The lowest BCUT2D eigenvalue weighted by molar-refractivity contribution is 0.102. The molecule has 0 fully saturated rings. The number of nitrogens with one attached hydrogen (secondary N) is 2. The Balaban J connectivity index is 1.96. The lowest BCUT2D eigenvalue weighted by atomic mass is 9.87. The number of hydrogen-bond acceptors (Lipinski definition) is 4. The highest BCUT2D eigenvalue weighted by molar-refractivity contribution is 6.33. The SMILES string of the molecule is COc1ccc([C@@H]2NC(=O)NC(c3ccccc3)=C2C(=O)c2ccccc2)c(Cl)c1O. The summed E-state index contributed by atoms with van der Waals surface area (Å²) in [7, 11) is 1.41. The first kappa shape index (κ1) is 20.5. The molecule has 6 nitrogen and oxygen atoms in total. The van der Waals surface area contributed by atoms with E-state index in [1.807, 2.05) is 36.4 Å². The number of amides is 2. The molecule has 0 spiro atoms. The summed E-state index contributed by atoms with van der Waals surface area (Å²) in [5.74, 6) is -0.345. The molecule has 1 heterocycles. The molecule has 4 rings (SSSR count). The number of benzene rings is 3. The number of hydrogen-bond donors (Lipinski definition) is 3. The first-order chi connectivity index (χ1) is 15.0. The maximum Gasteiger partial charge on any atom is 0.320 e. The Bertz CT molecular complexity index is 1180. The summed E-state index contributed by atoms with van der Waals surface area (Å²) in [5.41, 5.74) is 2.21. The van der Waals surface area contributed by atoms with E-state index in [-0.39, 0.29) is 22.3 Å². The van der Waals surface area contributed by atoms with Crippen LogP contribution in [0.3, 0.4) is 0 Å². The highest BCUT2D eigenvalue weighted by Crippen LogP contribution is 2.42. The number of methoxy groups -OCH3 is 1. The normalized spacial score (nSPS) is 15.8. The van der Waals surface area contributed by atoms with Crippen LogP contribution in [-0.4, -0.2) is 24.0 Å². The van der Waals surface area contributed by atoms with E-state index in [0.717, 1.165) is 0 Å². The number of urea groups is 1. The number of halogens is 1. The van der Waals surface area contributed by atoms with Gasteiger partial charge in [0.25, 0.3) is 0 Å². The van der Waals surface area contributed by atoms with Crippen LogP contribution in [-0.2, 0) is 0 Å². The van der Waals surface area contributed by atoms with Crippen molar-refractivity contribution < 1.29 is 19.4 Å². The second-order valence-corrected chi connectivity index (χ2v) is 7.28. The molecular formula is C24H19ClN2O4. The number of phenols is 1. The van der Waals surface area contributed by atoms with Crippen molar-refractivity contribution in [3.63, 3.8) is 0 Å². The third kappa shape index (κ3) is 3.85. The fourth-order valence-corrected chi connectivity index (χ4v) is 3.84. The average Bonchev–Trinajstić information content (AvgIpc) is 2.81. The summed E-state index contributed by atoms with van der Waals surface area (Å²) in [6.07, 6.45) is 0. The number of carbonyl (C=O) groups is 2. The van der Waals surface area contributed by atoms with Gasteiger partial charge in [-0.2, -0.15) is 0 Å². The van der Waals surface area contributed by atoms with Crippen LogP contribution in [0.1, 0.15) is 27.5 Å². The van der Waals surface area contributed by atoms with Gasteiger partial charge in [-0.05, 0) is 11.6 Å². The maximum atomic E-state index is 13.6. The zero-order valence-corrected chi connectivity index (χ0v) is 17.3. The zero-order chi connectivity index (χ0) is 22.0. The van der Waals surface area contributed by atoms with Crippen molar-refractivity contribution in [1.82, 2.24) is 10.6 Å². The van der Waals surface area contributed by atoms with Gasteiger partial charge in [0.2, 0.25) is 0 Å². The zero-order valence-electron chi connectivity index (χ0n) is 16.6. The van der Waals surface area contributed by atoms with Crippen LogP contribution in [0.15, 0.2) is 78.4 Å². The molecule has 2 amide bonds. The van der Waals surface area contributed by atoms with Crippen LogP contribution in [0, 0.1) is 0 Å². The molecule has 0 saturated carbocycles. The van der Waals surface area contributed by atoms with Crippen LogP contribution in [0.5, 0.6) is 11.5 Å². The van der Waals surface area contributed by atoms with E-state index >= 15 is 0 Å². The standard InChI is InChI=1S/C24H19ClN2O4/c1-31-17-13-12-16(19(25)23(17)29)21-18(22(28)15-10-6-3-7-11-15)20(26-24(30)27-21)14-8-4-2-5-9-14/h2-13,21,29H,1H3,(H2,26,27,30)/t21-/m0/s1. The van der Waals surface area contributed by atoms with E-state index in [4.69, 9.17) is 16.3 Å². The fraction of sp³-hybridized carbons (Fsp3) is 0.0833. The Morgan fingerprint density at radius 2 is 1.65 bits per heavy atom. The molecule has 0 aliphatic carbocycles. The van der Waals surface area contributed by atoms with Gasteiger partial charge >= 0.3 is 6.03 Å². The lowest BCUT2D eigenvalue weighted by Gasteiger charge is -2.31. The quantitative estimate of drug-likeness (QED) is 0.508. The van der Waals surface area contributed by atoms with Gasteiger partial charge in [0.1, 0.15) is 0 Å². The first-order valence-electron chi connectivity index (χ1n) is 9.53. The molecule has 0 radical (unpaired) electrons. The largest absolute Gasteiger partial charge is 0.503 e. The number of ketones is 1. The molecule has 31 heavy (non-hydrogen) atoms. The second-order valence-electron chi connectivity index (χ2n) is 6.90. The number of Topliss-reactive ketones (excluding diaryl/α,β-unsaturated/α-hetero) is 1. The molecule has 0 bridgehead atoms. The number of carbonyl (C=O) groups excluding carboxylic acids is 2. The molecule has 0 saturated heterocycles. The van der Waals surface area contributed by atoms with Crippen molar-refractivity contribution in [3.05, 3.63) is 100 Å². The minimum Gasteiger partial charge on any atom is -0.503 e. The van der Waals surface area contributed by atoms with Crippen LogP contribution >= 0.6 is 11.6 Å². The van der Waals surface area contributed by atoms with Crippen molar-refractivity contribution in [1.29, 1.82) is 0 Å². The van der Waals surface area contributed by atoms with Crippen molar-refractivity contribution in [2.75, 3.05) is 7.11 Å². The third-order valence-electron chi connectivity index (χ3n) is 5.05. The summed E-state index contributed by atoms with van der Waals surface area (Å²) >= 11 is 6.43. The number of ether oxygens (including phenoxy) is 1. The molecule has 3 aromatic carbocycles. The van der Waals surface area contributed by atoms with E-state index in [1.54, 1.807) is 30.3 Å². The summed E-state index contributed by atoms with van der Waals surface area (Å²) in [4.78, 5) is 26.2. The Morgan fingerprint density at radius 1 is 1.00 bits per heavy atom. The van der Waals surface area contributed by atoms with Crippen molar-refractivity contribution in [3.8, 4) is 11.5 Å². The number of rotatable bonds is 5. The van der Waals surface area contributed by atoms with Gasteiger partial charge in [0.05, 0.1) is 29.4 Å². The Morgan fingerprint density at radius 3 is 2.29 bits per heavy atom. The molecule has 0 aromatic heterocycles. The number of aromatic hydroxyl groups is 1. The van der Waals surface area contributed by atoms with Crippen LogP contribution in [0.4, 0.5) is 4.79 Å². The molecule has 7 heteroatoms. The summed E-state index contributed by atoms with van der Waals surface area (Å²) in [6, 6.07) is 19.7. The molecule has 3 aromatic rings. The van der Waals surface area contributed by atoms with E-state index in [1.165, 1.54) is 13.2 Å². The van der Waals surface area contributed by atoms with E-state index < -0.39 is 12.1 Å². The minimum atomic E-state index is -0.888. The smallest absolute Gasteiger partial charge is 0.320 e. The Kier molecular flexibility index (Phi) is 5.64. The summed E-state index contributed by atoms with van der Waals surface area (Å²) in [5, 5.41) is 16.0. The molecule has 0 unspecified atom stereocenters. The average molecular weight is 435 g/mol. The maximum absolute atomic E-state index is 13.6. The van der Waals surface area contributed by atoms with Gasteiger partial charge in [-0.1, -0.05) is 78.3 Å². The lowest BCUT2D eigenvalue weighted by Crippen LogP contribution is -2.45. The minimum absolute atomic E-state index is 0.00248. The van der Waals surface area contributed by atoms with Gasteiger partial charge in [-0.15, -0.1) is 0 Å². The predicted molar refractivity (Wildman–Crippen MR) is 118 cm³/mol. The molecule has 1 atom stereocenters. The van der Waals surface area contributed by atoms with E-state index in [2.05, 4.69) is 10.6 Å². The fourth-order valence-electron chi connectivity index (χ4n) is 3.57. The molecule has 1 aliphatic rings. The topological polar surface area (TPSA) is 87.7 Å². The van der Waals surface area contributed by atoms with Crippen molar-refractivity contribution >= 4 is 29.1 Å². The predicted octanol–water partition coefficient (Wildman–Crippen LogP) is 4.70.